The lowest BCUT2D eigenvalue weighted by atomic mass is 9.89. The molecule has 0 amide bonds. The molecule has 1 aromatic heterocycles. The highest BCUT2D eigenvalue weighted by atomic mass is 127. The molecule has 1 saturated carbocycles. The average Bonchev–Trinajstić information content (AvgIpc) is 2.45. The number of carbonyl (C=O) groups is 1. The van der Waals surface area contributed by atoms with E-state index in [1.54, 1.807) is 13.2 Å². The van der Waals surface area contributed by atoms with E-state index in [9.17, 15) is 4.79 Å². The van der Waals surface area contributed by atoms with Crippen molar-refractivity contribution < 1.29 is 14.6 Å². The lowest BCUT2D eigenvalue weighted by Gasteiger charge is -2.35. The molecule has 0 unspecified atom stereocenters. The number of ether oxygens (including phenoxy) is 1. The molecule has 4 nitrogen and oxygen atoms in total. The maximum Gasteiger partial charge on any atom is 0.352 e. The highest BCUT2D eigenvalue weighted by Gasteiger charge is 2.32. The van der Waals surface area contributed by atoms with Gasteiger partial charge in [-0.1, -0.05) is 0 Å². The third-order valence-corrected chi connectivity index (χ3v) is 3.42. The van der Waals surface area contributed by atoms with Crippen molar-refractivity contribution in [2.24, 2.45) is 0 Å². The van der Waals surface area contributed by atoms with Gasteiger partial charge in [0.15, 0.2) is 0 Å². The predicted octanol–water partition coefficient (Wildman–Crippen LogP) is 2.14. The number of aromatic carboxylic acids is 1. The van der Waals surface area contributed by atoms with Crippen molar-refractivity contribution in [1.82, 2.24) is 4.57 Å². The van der Waals surface area contributed by atoms with Gasteiger partial charge in [-0.15, -0.1) is 0 Å². The standard InChI is InChI=1S/C10H12INO3/c1-15-8-3-7(4-8)12-5-6(11)2-9(12)10(13)14/h2,5,7-8H,3-4H2,1H3,(H,13,14). The molecular formula is C10H12INO3. The molecular weight excluding hydrogens is 309 g/mol. The van der Waals surface area contributed by atoms with Crippen molar-refractivity contribution in [1.29, 1.82) is 0 Å². The Morgan fingerprint density at radius 1 is 1.67 bits per heavy atom. The molecule has 1 aliphatic rings. The molecule has 1 fully saturated rings. The summed E-state index contributed by atoms with van der Waals surface area (Å²) in [5, 5.41) is 9.02. The van der Waals surface area contributed by atoms with Crippen LogP contribution in [0.3, 0.4) is 0 Å². The molecule has 15 heavy (non-hydrogen) atoms. The van der Waals surface area contributed by atoms with Crippen LogP contribution in [0.2, 0.25) is 0 Å². The Kier molecular flexibility index (Phi) is 3.01. The largest absolute Gasteiger partial charge is 0.477 e. The van der Waals surface area contributed by atoms with Crippen molar-refractivity contribution >= 4 is 28.6 Å². The van der Waals surface area contributed by atoms with Gasteiger partial charge in [-0.25, -0.2) is 4.79 Å². The van der Waals surface area contributed by atoms with E-state index in [0.717, 1.165) is 16.4 Å². The molecule has 0 saturated heterocycles. The zero-order chi connectivity index (χ0) is 11.0. The predicted molar refractivity (Wildman–Crippen MR) is 63.2 cm³/mol. The molecule has 0 radical (unpaired) electrons. The molecule has 0 aliphatic heterocycles. The van der Waals surface area contributed by atoms with Gasteiger partial charge in [-0.3, -0.25) is 0 Å². The number of hydrogen-bond donors (Lipinski definition) is 1. The summed E-state index contributed by atoms with van der Waals surface area (Å²) in [4.78, 5) is 11.0. The van der Waals surface area contributed by atoms with Crippen LogP contribution in [0.5, 0.6) is 0 Å². The van der Waals surface area contributed by atoms with Gasteiger partial charge in [0.1, 0.15) is 5.69 Å². The van der Waals surface area contributed by atoms with Gasteiger partial charge in [0.05, 0.1) is 6.10 Å². The highest BCUT2D eigenvalue weighted by molar-refractivity contribution is 14.1. The number of rotatable bonds is 3. The highest BCUT2D eigenvalue weighted by Crippen LogP contribution is 2.35. The molecule has 1 heterocycles. The summed E-state index contributed by atoms with van der Waals surface area (Å²) in [6.45, 7) is 0. The zero-order valence-electron chi connectivity index (χ0n) is 8.31. The maximum atomic E-state index is 11.0. The van der Waals surface area contributed by atoms with Gasteiger partial charge in [-0.05, 0) is 41.5 Å². The van der Waals surface area contributed by atoms with E-state index in [2.05, 4.69) is 22.6 Å². The molecule has 0 bridgehead atoms. The SMILES string of the molecule is COC1CC(n2cc(I)cc2C(=O)O)C1. The first-order valence-electron chi connectivity index (χ1n) is 4.75. The van der Waals surface area contributed by atoms with Gasteiger partial charge < -0.3 is 14.4 Å². The average molecular weight is 321 g/mol. The fourth-order valence-electron chi connectivity index (χ4n) is 1.88. The quantitative estimate of drug-likeness (QED) is 0.868. The van der Waals surface area contributed by atoms with Crippen LogP contribution < -0.4 is 0 Å². The van der Waals surface area contributed by atoms with E-state index in [1.165, 1.54) is 0 Å². The van der Waals surface area contributed by atoms with Gasteiger partial charge in [0.25, 0.3) is 0 Å². The third kappa shape index (κ3) is 2.03. The van der Waals surface area contributed by atoms with Crippen molar-refractivity contribution in [3.8, 4) is 0 Å². The van der Waals surface area contributed by atoms with Crippen LogP contribution in [0.1, 0.15) is 29.4 Å². The fourth-order valence-corrected chi connectivity index (χ4v) is 2.47. The molecule has 0 spiro atoms. The number of halogens is 1. The van der Waals surface area contributed by atoms with Crippen LogP contribution >= 0.6 is 22.6 Å². The van der Waals surface area contributed by atoms with Gasteiger partial charge in [-0.2, -0.15) is 0 Å². The Balaban J connectivity index is 2.18. The summed E-state index contributed by atoms with van der Waals surface area (Å²) in [7, 11) is 1.69. The fraction of sp³-hybridized carbons (Fsp3) is 0.500. The second kappa shape index (κ2) is 4.13. The Morgan fingerprint density at radius 3 is 2.87 bits per heavy atom. The number of carboxylic acids is 1. The molecule has 5 heteroatoms. The van der Waals surface area contributed by atoms with Crippen LogP contribution in [0.4, 0.5) is 0 Å². The van der Waals surface area contributed by atoms with Crippen LogP contribution in [0.25, 0.3) is 0 Å². The van der Waals surface area contributed by atoms with Crippen LogP contribution in [0.15, 0.2) is 12.3 Å². The Labute approximate surface area is 101 Å². The van der Waals surface area contributed by atoms with Crippen LogP contribution in [-0.2, 0) is 4.74 Å². The van der Waals surface area contributed by atoms with Gasteiger partial charge in [0, 0.05) is 22.9 Å². The molecule has 0 atom stereocenters. The first-order valence-corrected chi connectivity index (χ1v) is 5.83. The third-order valence-electron chi connectivity index (χ3n) is 2.83. The normalized spacial score (nSPS) is 24.9. The van der Waals surface area contributed by atoms with Crippen molar-refractivity contribution in [3.63, 3.8) is 0 Å². The number of methoxy groups -OCH3 is 1. The molecule has 1 aromatic rings. The Morgan fingerprint density at radius 2 is 2.33 bits per heavy atom. The van der Waals surface area contributed by atoms with E-state index in [1.807, 2.05) is 10.8 Å². The maximum absolute atomic E-state index is 11.0. The zero-order valence-corrected chi connectivity index (χ0v) is 10.5. The topological polar surface area (TPSA) is 51.5 Å². The van der Waals surface area contributed by atoms with Gasteiger partial charge in [0.2, 0.25) is 0 Å². The van der Waals surface area contributed by atoms with Crippen molar-refractivity contribution in [2.45, 2.75) is 25.0 Å². The van der Waals surface area contributed by atoms with Crippen LogP contribution in [-0.4, -0.2) is 28.9 Å². The number of carboxylic acid groups (broad SMARTS) is 1. The van der Waals surface area contributed by atoms with E-state index in [0.29, 0.717) is 5.69 Å². The van der Waals surface area contributed by atoms with E-state index < -0.39 is 5.97 Å². The Hall–Kier alpha value is -0.560. The lowest BCUT2D eigenvalue weighted by Crippen LogP contribution is -2.33. The summed E-state index contributed by atoms with van der Waals surface area (Å²) in [6, 6.07) is 1.98. The minimum Gasteiger partial charge on any atom is -0.477 e. The summed E-state index contributed by atoms with van der Waals surface area (Å²) < 4.78 is 7.99. The van der Waals surface area contributed by atoms with Gasteiger partial charge >= 0.3 is 5.97 Å². The summed E-state index contributed by atoms with van der Waals surface area (Å²) in [6.07, 6.45) is 3.99. The lowest BCUT2D eigenvalue weighted by molar-refractivity contribution is 0.00496. The van der Waals surface area contributed by atoms with E-state index in [-0.39, 0.29) is 12.1 Å². The number of aromatic nitrogens is 1. The molecule has 0 aromatic carbocycles. The van der Waals surface area contributed by atoms with E-state index >= 15 is 0 Å². The summed E-state index contributed by atoms with van der Waals surface area (Å²) >= 11 is 2.13. The summed E-state index contributed by atoms with van der Waals surface area (Å²) in [5.74, 6) is -0.862. The summed E-state index contributed by atoms with van der Waals surface area (Å²) in [5.41, 5.74) is 0.374. The number of hydrogen-bond acceptors (Lipinski definition) is 2. The molecule has 1 N–H and O–H groups in total. The van der Waals surface area contributed by atoms with E-state index in [4.69, 9.17) is 9.84 Å². The smallest absolute Gasteiger partial charge is 0.352 e. The first kappa shape index (κ1) is 10.9. The number of nitrogens with zero attached hydrogens (tertiary/aromatic N) is 1. The Bertz CT molecular complexity index is 382. The van der Waals surface area contributed by atoms with Crippen LogP contribution in [0, 0.1) is 3.57 Å². The van der Waals surface area contributed by atoms with Crippen molar-refractivity contribution in [2.75, 3.05) is 7.11 Å². The molecule has 82 valence electrons. The minimum atomic E-state index is -0.862. The second-order valence-corrected chi connectivity index (χ2v) is 4.98. The molecule has 1 aliphatic carbocycles. The monoisotopic (exact) mass is 321 g/mol. The van der Waals surface area contributed by atoms with Crippen molar-refractivity contribution in [3.05, 3.63) is 21.5 Å². The second-order valence-electron chi connectivity index (χ2n) is 3.74. The first-order chi connectivity index (χ1) is 7.11. The minimum absolute atomic E-state index is 0.282. The molecule has 2 rings (SSSR count).